The number of rotatable bonds is 32. The van der Waals surface area contributed by atoms with Crippen LogP contribution in [0.3, 0.4) is 0 Å². The summed E-state index contributed by atoms with van der Waals surface area (Å²) in [5, 5.41) is 12.8. The normalized spacial score (nSPS) is 23.4. The summed E-state index contributed by atoms with van der Waals surface area (Å²) < 4.78 is 73.2. The van der Waals surface area contributed by atoms with E-state index in [9.17, 15) is 9.90 Å². The lowest BCUT2D eigenvalue weighted by molar-refractivity contribution is -0.379. The summed E-state index contributed by atoms with van der Waals surface area (Å²) >= 11 is 0. The molecule has 77 heavy (non-hydrogen) atoms. The molecular formula is C64H76O13. The van der Waals surface area contributed by atoms with Crippen LogP contribution < -0.4 is 0 Å². The number of hydrogen-bond acceptors (Lipinski definition) is 13. The highest BCUT2D eigenvalue weighted by Gasteiger charge is 2.54. The average molecular weight is 1050 g/mol. The van der Waals surface area contributed by atoms with Crippen LogP contribution in [0.4, 0.5) is 0 Å². The number of benzene rings is 6. The Hall–Kier alpha value is -5.65. The van der Waals surface area contributed by atoms with Crippen molar-refractivity contribution in [3.05, 3.63) is 215 Å². The number of hydrogen-bond donors (Lipinski definition) is 1. The van der Waals surface area contributed by atoms with Crippen LogP contribution in [0.1, 0.15) is 78.3 Å². The van der Waals surface area contributed by atoms with E-state index >= 15 is 0 Å². The predicted molar refractivity (Wildman–Crippen MR) is 291 cm³/mol. The lowest BCUT2D eigenvalue weighted by Gasteiger charge is -2.49. The molecular weight excluding hydrogens is 977 g/mol. The Morgan fingerprint density at radius 2 is 0.753 bits per heavy atom. The Kier molecular flexibility index (Phi) is 24.1. The first-order valence-electron chi connectivity index (χ1n) is 27.2. The molecule has 2 aliphatic heterocycles. The maximum Gasteiger partial charge on any atom is 0.305 e. The molecule has 2 heterocycles. The van der Waals surface area contributed by atoms with Crippen molar-refractivity contribution in [3.8, 4) is 0 Å². The number of ether oxygens (including phenoxy) is 11. The molecule has 10 unspecified atom stereocenters. The van der Waals surface area contributed by atoms with Gasteiger partial charge in [-0.15, -0.1) is 0 Å². The third kappa shape index (κ3) is 18.8. The quantitative estimate of drug-likeness (QED) is 0.0317. The van der Waals surface area contributed by atoms with E-state index in [4.69, 9.17) is 52.1 Å². The van der Waals surface area contributed by atoms with Gasteiger partial charge in [-0.05, 0) is 46.2 Å². The summed E-state index contributed by atoms with van der Waals surface area (Å²) in [4.78, 5) is 11.7. The van der Waals surface area contributed by atoms with E-state index in [-0.39, 0.29) is 45.6 Å². The summed E-state index contributed by atoms with van der Waals surface area (Å²) in [6.07, 6.45) is -3.83. The zero-order valence-corrected chi connectivity index (χ0v) is 44.3. The van der Waals surface area contributed by atoms with Gasteiger partial charge in [0.05, 0.1) is 60.0 Å². The molecule has 410 valence electrons. The van der Waals surface area contributed by atoms with Crippen LogP contribution in [0.5, 0.6) is 0 Å². The van der Waals surface area contributed by atoms with Gasteiger partial charge in [0.1, 0.15) is 48.8 Å². The summed E-state index contributed by atoms with van der Waals surface area (Å²) in [6, 6.07) is 59.6. The van der Waals surface area contributed by atoms with Crippen LogP contribution in [0.25, 0.3) is 0 Å². The largest absolute Gasteiger partial charge is 0.469 e. The van der Waals surface area contributed by atoms with Gasteiger partial charge in [0.15, 0.2) is 12.6 Å². The molecule has 8 rings (SSSR count). The number of esters is 1. The maximum absolute atomic E-state index is 12.8. The fourth-order valence-electron chi connectivity index (χ4n) is 9.55. The Bertz CT molecular complexity index is 2490. The van der Waals surface area contributed by atoms with E-state index in [1.807, 2.05) is 182 Å². The van der Waals surface area contributed by atoms with E-state index < -0.39 is 61.4 Å². The lowest BCUT2D eigenvalue weighted by Crippen LogP contribution is -2.66. The standard InChI is InChI=1S/C64H76O13/c1-67-56(65)38-24-4-2-3-5-25-39-70-64-62(61(74-45-53-36-22-11-23-37-53)59(72-43-51-32-18-9-19-33-51)55(76-64)47-69-41-49-28-14-7-15-29-49)77-63-57(66)60(73-44-52-34-20-10-21-35-52)58(71-42-50-30-16-8-17-31-50)54(75-63)46-68-40-48-26-12-6-13-27-48/h6-23,26-37,54-55,57-64,66H,2-5,24-25,38-47H2,1H3. The van der Waals surface area contributed by atoms with E-state index in [0.29, 0.717) is 26.2 Å². The van der Waals surface area contributed by atoms with E-state index in [0.717, 1.165) is 71.9 Å². The average Bonchev–Trinajstić information content (AvgIpc) is 3.52. The van der Waals surface area contributed by atoms with Crippen molar-refractivity contribution in [3.63, 3.8) is 0 Å². The molecule has 0 aliphatic carbocycles. The van der Waals surface area contributed by atoms with Crippen molar-refractivity contribution in [2.24, 2.45) is 0 Å². The zero-order chi connectivity index (χ0) is 53.1. The fourth-order valence-corrected chi connectivity index (χ4v) is 9.55. The molecule has 0 amide bonds. The molecule has 13 heteroatoms. The Labute approximate surface area is 454 Å². The number of aliphatic hydroxyl groups is 1. The monoisotopic (exact) mass is 1050 g/mol. The molecule has 0 radical (unpaired) electrons. The topological polar surface area (TPSA) is 139 Å². The van der Waals surface area contributed by atoms with Crippen LogP contribution in [0.15, 0.2) is 182 Å². The van der Waals surface area contributed by atoms with E-state index in [1.165, 1.54) is 7.11 Å². The van der Waals surface area contributed by atoms with E-state index in [2.05, 4.69) is 0 Å². The number of unbranched alkanes of at least 4 members (excludes halogenated alkanes) is 5. The van der Waals surface area contributed by atoms with Crippen molar-refractivity contribution in [2.75, 3.05) is 26.9 Å². The fraction of sp³-hybridized carbons (Fsp3) is 0.422. The van der Waals surface area contributed by atoms with Gasteiger partial charge >= 0.3 is 5.97 Å². The SMILES string of the molecule is COC(=O)CCCCCCCCOC1OC(COCc2ccccc2)C(OCc2ccccc2)C(OCc2ccccc2)C1OC1OC(COCc2ccccc2)C(OCc2ccccc2)C(OCc2ccccc2)C1O. The molecule has 0 saturated carbocycles. The Morgan fingerprint density at radius 3 is 1.18 bits per heavy atom. The zero-order valence-electron chi connectivity index (χ0n) is 44.3. The summed E-state index contributed by atoms with van der Waals surface area (Å²) in [6.45, 7) is 2.12. The van der Waals surface area contributed by atoms with Crippen molar-refractivity contribution in [1.82, 2.24) is 0 Å². The smallest absolute Gasteiger partial charge is 0.305 e. The van der Waals surface area contributed by atoms with Gasteiger partial charge < -0.3 is 57.2 Å². The van der Waals surface area contributed by atoms with Gasteiger partial charge in [-0.2, -0.15) is 0 Å². The molecule has 6 aromatic carbocycles. The molecule has 0 aromatic heterocycles. The van der Waals surface area contributed by atoms with Crippen LogP contribution in [0, 0.1) is 0 Å². The first kappa shape index (κ1) is 57.5. The number of methoxy groups -OCH3 is 1. The van der Waals surface area contributed by atoms with Crippen molar-refractivity contribution >= 4 is 5.97 Å². The Balaban J connectivity index is 1.11. The van der Waals surface area contributed by atoms with Crippen LogP contribution in [-0.2, 0) is 96.5 Å². The highest BCUT2D eigenvalue weighted by molar-refractivity contribution is 5.68. The summed E-state index contributed by atoms with van der Waals surface area (Å²) in [5.41, 5.74) is 5.79. The van der Waals surface area contributed by atoms with Crippen LogP contribution >= 0.6 is 0 Å². The predicted octanol–water partition coefficient (Wildman–Crippen LogP) is 10.9. The first-order valence-corrected chi connectivity index (χ1v) is 27.2. The molecule has 0 spiro atoms. The van der Waals surface area contributed by atoms with Gasteiger partial charge in [-0.3, -0.25) is 4.79 Å². The summed E-state index contributed by atoms with van der Waals surface area (Å²) in [5.74, 6) is -0.185. The highest BCUT2D eigenvalue weighted by atomic mass is 16.8. The second kappa shape index (κ2) is 32.3. The van der Waals surface area contributed by atoms with Gasteiger partial charge in [-0.25, -0.2) is 0 Å². The van der Waals surface area contributed by atoms with Gasteiger partial charge in [0, 0.05) is 13.0 Å². The Morgan fingerprint density at radius 1 is 0.403 bits per heavy atom. The number of carbonyl (C=O) groups excluding carboxylic acids is 1. The minimum absolute atomic E-state index is 0.0908. The molecule has 2 saturated heterocycles. The van der Waals surface area contributed by atoms with Gasteiger partial charge in [0.25, 0.3) is 0 Å². The number of aliphatic hydroxyl groups excluding tert-OH is 1. The first-order chi connectivity index (χ1) is 38.0. The molecule has 6 aromatic rings. The van der Waals surface area contributed by atoms with Gasteiger partial charge in [-0.1, -0.05) is 208 Å². The van der Waals surface area contributed by atoms with Gasteiger partial charge in [0.2, 0.25) is 0 Å². The molecule has 10 atom stereocenters. The number of carbonyl (C=O) groups is 1. The van der Waals surface area contributed by atoms with Crippen molar-refractivity contribution < 1.29 is 62.0 Å². The minimum Gasteiger partial charge on any atom is -0.469 e. The van der Waals surface area contributed by atoms with Crippen molar-refractivity contribution in [1.29, 1.82) is 0 Å². The summed E-state index contributed by atoms with van der Waals surface area (Å²) in [7, 11) is 1.42. The third-order valence-corrected chi connectivity index (χ3v) is 13.7. The molecule has 2 fully saturated rings. The molecule has 0 bridgehead atoms. The third-order valence-electron chi connectivity index (χ3n) is 13.7. The van der Waals surface area contributed by atoms with Crippen molar-refractivity contribution in [2.45, 2.75) is 146 Å². The molecule has 13 nitrogen and oxygen atoms in total. The highest BCUT2D eigenvalue weighted by Crippen LogP contribution is 2.36. The molecule has 1 N–H and O–H groups in total. The van der Waals surface area contributed by atoms with Crippen LogP contribution in [-0.4, -0.2) is 99.4 Å². The van der Waals surface area contributed by atoms with E-state index in [1.54, 1.807) is 0 Å². The lowest BCUT2D eigenvalue weighted by atomic mass is 9.96. The second-order valence-electron chi connectivity index (χ2n) is 19.5. The second-order valence-corrected chi connectivity index (χ2v) is 19.5. The molecule has 2 aliphatic rings. The minimum atomic E-state index is -1.38. The maximum atomic E-state index is 12.8. The van der Waals surface area contributed by atoms with Crippen LogP contribution in [0.2, 0.25) is 0 Å².